The number of aryl methyl sites for hydroxylation is 2. The second kappa shape index (κ2) is 11.9. The Labute approximate surface area is 265 Å². The van der Waals surface area contributed by atoms with Crippen molar-refractivity contribution in [3.05, 3.63) is 82.7 Å². The summed E-state index contributed by atoms with van der Waals surface area (Å²) in [6.45, 7) is 16.9. The molecule has 2 aromatic heterocycles. The molecule has 11 heteroatoms. The third-order valence-electron chi connectivity index (χ3n) is 7.77. The molecular weight excluding hydrogens is 588 g/mol. The van der Waals surface area contributed by atoms with Crippen molar-refractivity contribution in [3.8, 4) is 17.1 Å². The van der Waals surface area contributed by atoms with Crippen molar-refractivity contribution >= 4 is 21.9 Å². The number of anilines is 1. The molecule has 2 N–H and O–H groups in total. The van der Waals surface area contributed by atoms with Crippen molar-refractivity contribution in [2.75, 3.05) is 11.3 Å². The van der Waals surface area contributed by atoms with Gasteiger partial charge >= 0.3 is 0 Å². The van der Waals surface area contributed by atoms with Crippen molar-refractivity contribution in [2.24, 2.45) is 5.41 Å². The highest BCUT2D eigenvalue weighted by molar-refractivity contribution is 7.92. The summed E-state index contributed by atoms with van der Waals surface area (Å²) in [5, 5.41) is 7.62. The Morgan fingerprint density at radius 2 is 1.64 bits per heavy atom. The van der Waals surface area contributed by atoms with Crippen LogP contribution in [0.3, 0.4) is 0 Å². The van der Waals surface area contributed by atoms with Gasteiger partial charge in [-0.25, -0.2) is 18.1 Å². The fourth-order valence-electron chi connectivity index (χ4n) is 5.56. The molecule has 0 fully saturated rings. The maximum Gasteiger partial charge on any atom is 0.264 e. The lowest BCUT2D eigenvalue weighted by Crippen LogP contribution is -2.45. The number of hydrogen-bond acceptors (Lipinski definition) is 7. The molecular formula is C34H42N6O4S. The number of carbonyl (C=O) groups is 1. The molecule has 238 valence electrons. The number of fused-ring (bicyclic) bond motifs is 4. The quantitative estimate of drug-likeness (QED) is 0.266. The Morgan fingerprint density at radius 3 is 2.29 bits per heavy atom. The highest BCUT2D eigenvalue weighted by Crippen LogP contribution is 2.32. The number of nitrogens with zero attached hydrogens (tertiary/aromatic N) is 4. The van der Waals surface area contributed by atoms with Crippen molar-refractivity contribution in [1.82, 2.24) is 25.1 Å². The SMILES string of the molecule is Cc1cccc(C)c1-c1cc2nc(n1)NS(=O)(=O)c1cccc(c1)C(=O)N(Cc1cc(C(C)(C)C)n[nH]1)[C@H](CC(C)(C)C)CO2. The van der Waals surface area contributed by atoms with Crippen LogP contribution in [0.1, 0.15) is 80.8 Å². The van der Waals surface area contributed by atoms with Crippen molar-refractivity contribution in [1.29, 1.82) is 0 Å². The average Bonchev–Trinajstić information content (AvgIpc) is 3.42. The molecule has 0 spiro atoms. The van der Waals surface area contributed by atoms with Gasteiger partial charge in [0.2, 0.25) is 11.8 Å². The summed E-state index contributed by atoms with van der Waals surface area (Å²) < 4.78 is 36.1. The van der Waals surface area contributed by atoms with Gasteiger partial charge in [0.15, 0.2) is 0 Å². The van der Waals surface area contributed by atoms with E-state index in [0.29, 0.717) is 12.1 Å². The molecule has 0 saturated carbocycles. The standard InChI is InChI=1S/C34H42N6O4S/c1-21-11-9-12-22(2)30(21)27-17-29-36-32(35-27)39-45(42,43)26-14-10-13-23(15-26)31(41)40(25(20-44-29)18-33(3,4)5)19-24-16-28(38-37-24)34(6,7)8/h9-17,25H,18-20H2,1-8H3,(H,37,38)(H,35,36,39)/t25-/m1/s1. The van der Waals surface area contributed by atoms with Gasteiger partial charge in [-0.3, -0.25) is 9.89 Å². The molecule has 1 aliphatic heterocycles. The predicted molar refractivity (Wildman–Crippen MR) is 175 cm³/mol. The first-order valence-electron chi connectivity index (χ1n) is 15.1. The Hall–Kier alpha value is -4.25. The molecule has 4 bridgehead atoms. The van der Waals surface area contributed by atoms with Gasteiger partial charge in [-0.2, -0.15) is 10.1 Å². The molecule has 0 aliphatic carbocycles. The summed E-state index contributed by atoms with van der Waals surface area (Å²) in [4.78, 5) is 25.1. The average molecular weight is 631 g/mol. The number of sulfonamides is 1. The normalized spacial score (nSPS) is 17.0. The lowest BCUT2D eigenvalue weighted by molar-refractivity contribution is 0.0509. The molecule has 5 rings (SSSR count). The second-order valence-corrected chi connectivity index (χ2v) is 15.7. The lowest BCUT2D eigenvalue weighted by atomic mass is 9.87. The molecule has 0 radical (unpaired) electrons. The van der Waals surface area contributed by atoms with E-state index in [2.05, 4.69) is 66.4 Å². The largest absolute Gasteiger partial charge is 0.475 e. The molecule has 0 unspecified atom stereocenters. The van der Waals surface area contributed by atoms with Crippen molar-refractivity contribution in [2.45, 2.75) is 84.7 Å². The molecule has 10 nitrogen and oxygen atoms in total. The highest BCUT2D eigenvalue weighted by atomic mass is 32.2. The van der Waals surface area contributed by atoms with E-state index in [0.717, 1.165) is 28.1 Å². The van der Waals surface area contributed by atoms with Crippen LogP contribution in [0, 0.1) is 19.3 Å². The minimum absolute atomic E-state index is 0.0694. The van der Waals surface area contributed by atoms with Crippen LogP contribution in [0.4, 0.5) is 5.95 Å². The predicted octanol–water partition coefficient (Wildman–Crippen LogP) is 6.42. The van der Waals surface area contributed by atoms with Gasteiger partial charge < -0.3 is 9.64 Å². The number of nitrogens with one attached hydrogen (secondary N) is 2. The summed E-state index contributed by atoms with van der Waals surface area (Å²) in [7, 11) is -4.15. The van der Waals surface area contributed by atoms with Gasteiger partial charge in [-0.1, -0.05) is 65.8 Å². The minimum atomic E-state index is -4.15. The zero-order valence-corrected chi connectivity index (χ0v) is 28.0. The van der Waals surface area contributed by atoms with Crippen LogP contribution in [-0.2, 0) is 22.0 Å². The molecule has 1 aliphatic rings. The van der Waals surface area contributed by atoms with E-state index in [4.69, 9.17) is 4.74 Å². The van der Waals surface area contributed by atoms with E-state index < -0.39 is 16.1 Å². The number of rotatable bonds is 4. The van der Waals surface area contributed by atoms with Gasteiger partial charge in [-0.05, 0) is 61.1 Å². The fraction of sp³-hybridized carbons (Fsp3) is 0.412. The van der Waals surface area contributed by atoms with Crippen molar-refractivity contribution < 1.29 is 17.9 Å². The maximum atomic E-state index is 14.3. The first-order chi connectivity index (χ1) is 21.0. The van der Waals surface area contributed by atoms with E-state index >= 15 is 0 Å². The van der Waals surface area contributed by atoms with Crippen LogP contribution in [0.25, 0.3) is 11.3 Å². The van der Waals surface area contributed by atoms with Crippen LogP contribution < -0.4 is 9.46 Å². The Kier molecular flexibility index (Phi) is 8.52. The number of aromatic amines is 1. The lowest BCUT2D eigenvalue weighted by Gasteiger charge is -2.35. The van der Waals surface area contributed by atoms with Gasteiger partial charge in [0.25, 0.3) is 15.9 Å². The smallest absolute Gasteiger partial charge is 0.264 e. The molecule has 0 saturated heterocycles. The number of amides is 1. The minimum Gasteiger partial charge on any atom is -0.475 e. The molecule has 3 heterocycles. The van der Waals surface area contributed by atoms with E-state index in [1.54, 1.807) is 23.1 Å². The second-order valence-electron chi connectivity index (χ2n) is 14.0. The van der Waals surface area contributed by atoms with Gasteiger partial charge in [0.1, 0.15) is 6.61 Å². The van der Waals surface area contributed by atoms with Gasteiger partial charge in [0, 0.05) is 22.6 Å². The molecule has 4 aromatic rings. The number of ether oxygens (including phenoxy) is 1. The summed E-state index contributed by atoms with van der Waals surface area (Å²) in [5.41, 5.74) is 4.91. The molecule has 1 atom stereocenters. The number of hydrogen-bond donors (Lipinski definition) is 2. The fourth-order valence-corrected chi connectivity index (χ4v) is 6.55. The summed E-state index contributed by atoms with van der Waals surface area (Å²) in [6, 6.07) is 15.3. The molecule has 45 heavy (non-hydrogen) atoms. The van der Waals surface area contributed by atoms with Crippen LogP contribution >= 0.6 is 0 Å². The highest BCUT2D eigenvalue weighted by Gasteiger charge is 2.32. The number of H-pyrrole nitrogens is 1. The third-order valence-corrected chi connectivity index (χ3v) is 9.10. The Balaban J connectivity index is 1.67. The number of aromatic nitrogens is 4. The number of carbonyl (C=O) groups excluding carboxylic acids is 1. The van der Waals surface area contributed by atoms with E-state index in [1.165, 1.54) is 12.1 Å². The Morgan fingerprint density at radius 1 is 0.956 bits per heavy atom. The summed E-state index contributed by atoms with van der Waals surface area (Å²) >= 11 is 0. The molecule has 1 amide bonds. The van der Waals surface area contributed by atoms with Crippen LogP contribution in [0.2, 0.25) is 0 Å². The van der Waals surface area contributed by atoms with Gasteiger partial charge in [-0.15, -0.1) is 0 Å². The van der Waals surface area contributed by atoms with Crippen LogP contribution in [0.15, 0.2) is 59.5 Å². The third kappa shape index (κ3) is 7.36. The van der Waals surface area contributed by atoms with Crippen LogP contribution in [-0.4, -0.2) is 52.0 Å². The van der Waals surface area contributed by atoms with Crippen LogP contribution in [0.5, 0.6) is 5.88 Å². The summed E-state index contributed by atoms with van der Waals surface area (Å²) in [6.07, 6.45) is 0.608. The summed E-state index contributed by atoms with van der Waals surface area (Å²) in [5.74, 6) is -0.225. The maximum absolute atomic E-state index is 14.3. The Bertz CT molecular complexity index is 1820. The zero-order chi connectivity index (χ0) is 32.7. The first kappa shape index (κ1) is 32.2. The van der Waals surface area contributed by atoms with Gasteiger partial charge in [0.05, 0.1) is 34.6 Å². The number of benzene rings is 2. The van der Waals surface area contributed by atoms with E-state index in [-0.39, 0.29) is 52.2 Å². The topological polar surface area (TPSA) is 130 Å². The monoisotopic (exact) mass is 630 g/mol. The van der Waals surface area contributed by atoms with E-state index in [9.17, 15) is 13.2 Å². The van der Waals surface area contributed by atoms with E-state index in [1.807, 2.05) is 38.1 Å². The molecule has 2 aromatic carbocycles. The first-order valence-corrected chi connectivity index (χ1v) is 16.6. The van der Waals surface area contributed by atoms with Crippen molar-refractivity contribution in [3.63, 3.8) is 0 Å². The zero-order valence-electron chi connectivity index (χ0n) is 27.2.